The van der Waals surface area contributed by atoms with Gasteiger partial charge in [-0.15, -0.1) is 0 Å². The van der Waals surface area contributed by atoms with Gasteiger partial charge in [-0.05, 0) is 57.2 Å². The minimum atomic E-state index is 0.145. The van der Waals surface area contributed by atoms with Crippen molar-refractivity contribution in [2.75, 3.05) is 5.32 Å². The van der Waals surface area contributed by atoms with E-state index in [1.807, 2.05) is 0 Å². The molecule has 0 bridgehead atoms. The quantitative estimate of drug-likeness (QED) is 0.759. The molecule has 1 aromatic carbocycles. The van der Waals surface area contributed by atoms with Gasteiger partial charge in [0.25, 0.3) is 0 Å². The zero-order chi connectivity index (χ0) is 12.3. The first kappa shape index (κ1) is 12.5. The average molecular weight is 231 g/mol. The lowest BCUT2D eigenvalue weighted by Gasteiger charge is -2.24. The van der Waals surface area contributed by atoms with E-state index in [1.54, 1.807) is 0 Å². The molecule has 0 amide bonds. The molecule has 0 saturated heterocycles. The molecule has 1 fully saturated rings. The molecule has 1 aliphatic carbocycles. The molecule has 0 aliphatic heterocycles. The van der Waals surface area contributed by atoms with Crippen LogP contribution in [0.1, 0.15) is 64.4 Å². The zero-order valence-corrected chi connectivity index (χ0v) is 11.4. The maximum Gasteiger partial charge on any atom is 0.0344 e. The van der Waals surface area contributed by atoms with E-state index < -0.39 is 0 Å². The molecule has 0 radical (unpaired) electrons. The first-order chi connectivity index (χ1) is 8.04. The Bertz CT molecular complexity index is 339. The first-order valence-electron chi connectivity index (χ1n) is 6.93. The van der Waals surface area contributed by atoms with Crippen molar-refractivity contribution in [2.45, 2.75) is 64.3 Å². The third-order valence-corrected chi connectivity index (χ3v) is 3.51. The fourth-order valence-corrected chi connectivity index (χ4v) is 2.71. The van der Waals surface area contributed by atoms with Crippen LogP contribution in [0.15, 0.2) is 24.3 Å². The van der Waals surface area contributed by atoms with Crippen LogP contribution in [0.5, 0.6) is 0 Å². The fraction of sp³-hybridized carbons (Fsp3) is 0.625. The maximum atomic E-state index is 3.51. The van der Waals surface area contributed by atoms with Crippen LogP contribution in [-0.4, -0.2) is 5.54 Å². The summed E-state index contributed by atoms with van der Waals surface area (Å²) < 4.78 is 0. The Morgan fingerprint density at radius 2 is 1.53 bits per heavy atom. The molecule has 0 spiro atoms. The number of hydrogen-bond acceptors (Lipinski definition) is 1. The van der Waals surface area contributed by atoms with E-state index in [0.29, 0.717) is 0 Å². The van der Waals surface area contributed by atoms with Gasteiger partial charge in [-0.2, -0.15) is 0 Å². The highest BCUT2D eigenvalue weighted by Gasteiger charge is 2.15. The Labute approximate surface area is 106 Å². The standard InChI is InChI=1S/C16H25N/c1-16(2,3)17-15-11-9-14(10-12-15)13-7-5-4-6-8-13/h9-13,17H,4-8H2,1-3H3. The molecule has 0 aromatic heterocycles. The molecule has 2 rings (SSSR count). The Morgan fingerprint density at radius 1 is 0.941 bits per heavy atom. The lowest BCUT2D eigenvalue weighted by molar-refractivity contribution is 0.443. The van der Waals surface area contributed by atoms with E-state index in [1.165, 1.54) is 43.4 Å². The zero-order valence-electron chi connectivity index (χ0n) is 11.4. The summed E-state index contributed by atoms with van der Waals surface area (Å²) in [5.41, 5.74) is 2.91. The van der Waals surface area contributed by atoms with Gasteiger partial charge in [0.2, 0.25) is 0 Å². The van der Waals surface area contributed by atoms with Crippen LogP contribution in [0, 0.1) is 0 Å². The van der Waals surface area contributed by atoms with E-state index in [9.17, 15) is 0 Å². The van der Waals surface area contributed by atoms with Crippen molar-refractivity contribution < 1.29 is 0 Å². The van der Waals surface area contributed by atoms with E-state index >= 15 is 0 Å². The predicted molar refractivity (Wildman–Crippen MR) is 75.6 cm³/mol. The van der Waals surface area contributed by atoms with Crippen LogP contribution in [-0.2, 0) is 0 Å². The number of rotatable bonds is 2. The van der Waals surface area contributed by atoms with Crippen LogP contribution < -0.4 is 5.32 Å². The van der Waals surface area contributed by atoms with E-state index in [4.69, 9.17) is 0 Å². The molecule has 1 aromatic rings. The van der Waals surface area contributed by atoms with Crippen molar-refractivity contribution in [3.8, 4) is 0 Å². The van der Waals surface area contributed by atoms with Crippen molar-refractivity contribution in [1.82, 2.24) is 0 Å². The van der Waals surface area contributed by atoms with Crippen molar-refractivity contribution in [3.05, 3.63) is 29.8 Å². The summed E-state index contributed by atoms with van der Waals surface area (Å²) in [6.45, 7) is 6.59. The molecule has 1 N–H and O–H groups in total. The number of anilines is 1. The van der Waals surface area contributed by atoms with Gasteiger partial charge in [-0.3, -0.25) is 0 Å². The average Bonchev–Trinajstić information content (AvgIpc) is 2.29. The van der Waals surface area contributed by atoms with Gasteiger partial charge < -0.3 is 5.32 Å². The highest BCUT2D eigenvalue weighted by Crippen LogP contribution is 2.33. The molecule has 1 saturated carbocycles. The van der Waals surface area contributed by atoms with Gasteiger partial charge in [-0.1, -0.05) is 31.4 Å². The SMILES string of the molecule is CC(C)(C)Nc1ccc(C2CCCCC2)cc1. The van der Waals surface area contributed by atoms with E-state index in [2.05, 4.69) is 50.4 Å². The first-order valence-corrected chi connectivity index (χ1v) is 6.93. The lowest BCUT2D eigenvalue weighted by Crippen LogP contribution is -2.25. The lowest BCUT2D eigenvalue weighted by atomic mass is 9.84. The summed E-state index contributed by atoms with van der Waals surface area (Å²) in [7, 11) is 0. The minimum Gasteiger partial charge on any atom is -0.380 e. The molecule has 0 atom stereocenters. The van der Waals surface area contributed by atoms with Crippen molar-refractivity contribution in [2.24, 2.45) is 0 Å². The Hall–Kier alpha value is -0.980. The van der Waals surface area contributed by atoms with Crippen molar-refractivity contribution in [1.29, 1.82) is 0 Å². The number of hydrogen-bond donors (Lipinski definition) is 1. The second-order valence-electron chi connectivity index (χ2n) is 6.33. The van der Waals surface area contributed by atoms with E-state index in [0.717, 1.165) is 5.92 Å². The highest BCUT2D eigenvalue weighted by molar-refractivity contribution is 5.46. The van der Waals surface area contributed by atoms with Crippen molar-refractivity contribution in [3.63, 3.8) is 0 Å². The maximum absolute atomic E-state index is 3.51. The largest absolute Gasteiger partial charge is 0.380 e. The van der Waals surface area contributed by atoms with Gasteiger partial charge in [-0.25, -0.2) is 0 Å². The van der Waals surface area contributed by atoms with Gasteiger partial charge in [0, 0.05) is 11.2 Å². The summed E-state index contributed by atoms with van der Waals surface area (Å²) >= 11 is 0. The summed E-state index contributed by atoms with van der Waals surface area (Å²) in [5.74, 6) is 0.812. The van der Waals surface area contributed by atoms with Crippen LogP contribution >= 0.6 is 0 Å². The monoisotopic (exact) mass is 231 g/mol. The minimum absolute atomic E-state index is 0.145. The molecule has 94 valence electrons. The molecule has 1 aliphatic rings. The molecule has 1 nitrogen and oxygen atoms in total. The van der Waals surface area contributed by atoms with E-state index in [-0.39, 0.29) is 5.54 Å². The summed E-state index contributed by atoms with van der Waals surface area (Å²) in [5, 5.41) is 3.51. The smallest absolute Gasteiger partial charge is 0.0344 e. The Kier molecular flexibility index (Phi) is 3.76. The predicted octanol–water partition coefficient (Wildman–Crippen LogP) is 4.94. The second kappa shape index (κ2) is 5.12. The molecule has 17 heavy (non-hydrogen) atoms. The van der Waals surface area contributed by atoms with Crippen molar-refractivity contribution >= 4 is 5.69 Å². The topological polar surface area (TPSA) is 12.0 Å². The Morgan fingerprint density at radius 3 is 2.06 bits per heavy atom. The van der Waals surface area contributed by atoms with Gasteiger partial charge in [0.1, 0.15) is 0 Å². The summed E-state index contributed by atoms with van der Waals surface area (Å²) in [6.07, 6.45) is 7.01. The van der Waals surface area contributed by atoms with Crippen LogP contribution in [0.2, 0.25) is 0 Å². The fourth-order valence-electron chi connectivity index (χ4n) is 2.71. The van der Waals surface area contributed by atoms with Gasteiger partial charge in [0.05, 0.1) is 0 Å². The normalized spacial score (nSPS) is 18.1. The molecule has 0 unspecified atom stereocenters. The van der Waals surface area contributed by atoms with Crippen LogP contribution in [0.25, 0.3) is 0 Å². The molecular weight excluding hydrogens is 206 g/mol. The number of benzene rings is 1. The summed E-state index contributed by atoms with van der Waals surface area (Å²) in [6, 6.07) is 9.08. The summed E-state index contributed by atoms with van der Waals surface area (Å²) in [4.78, 5) is 0. The van der Waals surface area contributed by atoms with Crippen LogP contribution in [0.3, 0.4) is 0 Å². The molecule has 1 heteroatoms. The molecular formula is C16H25N. The third-order valence-electron chi connectivity index (χ3n) is 3.51. The third kappa shape index (κ3) is 3.76. The number of nitrogens with one attached hydrogen (secondary N) is 1. The highest BCUT2D eigenvalue weighted by atomic mass is 14.9. The van der Waals surface area contributed by atoms with Gasteiger partial charge in [0.15, 0.2) is 0 Å². The van der Waals surface area contributed by atoms with Gasteiger partial charge >= 0.3 is 0 Å². The molecule has 0 heterocycles. The van der Waals surface area contributed by atoms with Crippen LogP contribution in [0.4, 0.5) is 5.69 Å². The Balaban J connectivity index is 2.02. The second-order valence-corrected chi connectivity index (χ2v) is 6.33.